The van der Waals surface area contributed by atoms with Gasteiger partial charge in [0.15, 0.2) is 0 Å². The van der Waals surface area contributed by atoms with Crippen molar-refractivity contribution in [2.75, 3.05) is 0 Å². The highest BCUT2D eigenvalue weighted by atomic mass is 14.4. The summed E-state index contributed by atoms with van der Waals surface area (Å²) >= 11 is 0. The van der Waals surface area contributed by atoms with Crippen LogP contribution < -0.4 is 0 Å². The van der Waals surface area contributed by atoms with Crippen molar-refractivity contribution in [3.05, 3.63) is 0 Å². The first-order chi connectivity index (χ1) is 7.92. The Morgan fingerprint density at radius 1 is 0.882 bits per heavy atom. The molecule has 0 radical (unpaired) electrons. The molecule has 0 aromatic heterocycles. The molecule has 1 aliphatic rings. The summed E-state index contributed by atoms with van der Waals surface area (Å²) < 4.78 is 0. The fourth-order valence-electron chi connectivity index (χ4n) is 3.53. The van der Waals surface area contributed by atoms with Gasteiger partial charge in [0.25, 0.3) is 0 Å². The molecule has 0 heteroatoms. The molecular weight excluding hydrogens is 204 g/mol. The predicted octanol–water partition coefficient (Wildman–Crippen LogP) is 6.20. The van der Waals surface area contributed by atoms with Gasteiger partial charge in [0.05, 0.1) is 0 Å². The highest BCUT2D eigenvalue weighted by molar-refractivity contribution is 4.84. The largest absolute Gasteiger partial charge is 0.0654 e. The lowest BCUT2D eigenvalue weighted by molar-refractivity contribution is 0.137. The standard InChI is InChI=1S/C17H34/c1-6-10-16(4)11-8-7-9-12-17(5,14-13-16)15(2)3/h15H,6-14H2,1-5H3. The van der Waals surface area contributed by atoms with Gasteiger partial charge in [-0.1, -0.05) is 60.3 Å². The second-order valence-electron chi connectivity index (χ2n) is 7.43. The molecule has 0 spiro atoms. The zero-order valence-corrected chi connectivity index (χ0v) is 12.9. The molecule has 1 rings (SSSR count). The SMILES string of the molecule is CCCC1(C)CCCCCC(C)(C(C)C)CC1. The third-order valence-electron chi connectivity index (χ3n) is 5.58. The molecule has 0 saturated heterocycles. The van der Waals surface area contributed by atoms with E-state index in [1.165, 1.54) is 57.8 Å². The fraction of sp³-hybridized carbons (Fsp3) is 1.00. The average Bonchev–Trinajstić information content (AvgIpc) is 2.32. The van der Waals surface area contributed by atoms with Crippen LogP contribution in [0.15, 0.2) is 0 Å². The van der Waals surface area contributed by atoms with Crippen molar-refractivity contribution < 1.29 is 0 Å². The van der Waals surface area contributed by atoms with Gasteiger partial charge in [-0.15, -0.1) is 0 Å². The highest BCUT2D eigenvalue weighted by Gasteiger charge is 2.33. The van der Waals surface area contributed by atoms with Gasteiger partial charge in [-0.05, 0) is 48.9 Å². The third-order valence-corrected chi connectivity index (χ3v) is 5.58. The van der Waals surface area contributed by atoms with Gasteiger partial charge in [-0.25, -0.2) is 0 Å². The van der Waals surface area contributed by atoms with Crippen molar-refractivity contribution >= 4 is 0 Å². The molecule has 2 atom stereocenters. The quantitative estimate of drug-likeness (QED) is 0.549. The monoisotopic (exact) mass is 238 g/mol. The van der Waals surface area contributed by atoms with E-state index >= 15 is 0 Å². The second kappa shape index (κ2) is 6.25. The second-order valence-corrected chi connectivity index (χ2v) is 7.43. The topological polar surface area (TPSA) is 0 Å². The molecule has 0 nitrogen and oxygen atoms in total. The minimum Gasteiger partial charge on any atom is -0.0654 e. The van der Waals surface area contributed by atoms with Gasteiger partial charge >= 0.3 is 0 Å². The maximum atomic E-state index is 2.54. The Bertz CT molecular complexity index is 218. The summed E-state index contributed by atoms with van der Waals surface area (Å²) in [5.41, 5.74) is 1.23. The molecule has 17 heavy (non-hydrogen) atoms. The molecule has 0 N–H and O–H groups in total. The molecule has 0 aromatic rings. The highest BCUT2D eigenvalue weighted by Crippen LogP contribution is 2.45. The van der Waals surface area contributed by atoms with Crippen LogP contribution >= 0.6 is 0 Å². The summed E-state index contributed by atoms with van der Waals surface area (Å²) in [5, 5.41) is 0. The van der Waals surface area contributed by atoms with Gasteiger partial charge in [-0.3, -0.25) is 0 Å². The molecule has 1 aliphatic carbocycles. The predicted molar refractivity (Wildman–Crippen MR) is 78.3 cm³/mol. The Kier molecular flexibility index (Phi) is 5.54. The Balaban J connectivity index is 2.71. The van der Waals surface area contributed by atoms with Crippen LogP contribution in [0.4, 0.5) is 0 Å². The van der Waals surface area contributed by atoms with Crippen LogP contribution in [0.3, 0.4) is 0 Å². The van der Waals surface area contributed by atoms with E-state index in [-0.39, 0.29) is 0 Å². The average molecular weight is 238 g/mol. The minimum atomic E-state index is 0.597. The normalized spacial score (nSPS) is 36.4. The molecular formula is C17H34. The first-order valence-electron chi connectivity index (χ1n) is 7.92. The molecule has 0 heterocycles. The van der Waals surface area contributed by atoms with Crippen molar-refractivity contribution in [3.8, 4) is 0 Å². The van der Waals surface area contributed by atoms with Gasteiger partial charge in [0, 0.05) is 0 Å². The van der Waals surface area contributed by atoms with E-state index in [9.17, 15) is 0 Å². The number of rotatable bonds is 3. The van der Waals surface area contributed by atoms with Crippen molar-refractivity contribution in [3.63, 3.8) is 0 Å². The lowest BCUT2D eigenvalue weighted by atomic mass is 9.68. The summed E-state index contributed by atoms with van der Waals surface area (Å²) in [7, 11) is 0. The molecule has 102 valence electrons. The zero-order valence-electron chi connectivity index (χ0n) is 12.9. The number of hydrogen-bond donors (Lipinski definition) is 0. The van der Waals surface area contributed by atoms with E-state index in [0.29, 0.717) is 10.8 Å². The van der Waals surface area contributed by atoms with Crippen LogP contribution in [0.1, 0.15) is 92.4 Å². The smallest absolute Gasteiger partial charge is 0.0303 e. The Labute approximate surface area is 110 Å². The Morgan fingerprint density at radius 2 is 1.53 bits per heavy atom. The summed E-state index contributed by atoms with van der Waals surface area (Å²) in [5.74, 6) is 0.839. The molecule has 1 saturated carbocycles. The van der Waals surface area contributed by atoms with E-state index in [4.69, 9.17) is 0 Å². The molecule has 1 fully saturated rings. The maximum Gasteiger partial charge on any atom is -0.0303 e. The Morgan fingerprint density at radius 3 is 2.12 bits per heavy atom. The van der Waals surface area contributed by atoms with Crippen molar-refractivity contribution in [2.45, 2.75) is 92.4 Å². The van der Waals surface area contributed by atoms with Crippen molar-refractivity contribution in [1.82, 2.24) is 0 Å². The third kappa shape index (κ3) is 4.30. The molecule has 2 unspecified atom stereocenters. The number of hydrogen-bond acceptors (Lipinski definition) is 0. The van der Waals surface area contributed by atoms with E-state index in [1.807, 2.05) is 0 Å². The Hall–Kier alpha value is 0. The first-order valence-corrected chi connectivity index (χ1v) is 7.92. The van der Waals surface area contributed by atoms with Crippen LogP contribution in [-0.2, 0) is 0 Å². The van der Waals surface area contributed by atoms with E-state index in [2.05, 4.69) is 34.6 Å². The molecule has 0 aromatic carbocycles. The fourth-order valence-corrected chi connectivity index (χ4v) is 3.53. The van der Waals surface area contributed by atoms with Crippen LogP contribution in [0.2, 0.25) is 0 Å². The van der Waals surface area contributed by atoms with Crippen molar-refractivity contribution in [2.24, 2.45) is 16.7 Å². The van der Waals surface area contributed by atoms with E-state index in [0.717, 1.165) is 5.92 Å². The van der Waals surface area contributed by atoms with Crippen molar-refractivity contribution in [1.29, 1.82) is 0 Å². The summed E-state index contributed by atoms with van der Waals surface area (Å²) in [6, 6.07) is 0. The molecule has 0 bridgehead atoms. The lowest BCUT2D eigenvalue weighted by Crippen LogP contribution is -2.26. The maximum absolute atomic E-state index is 2.54. The van der Waals surface area contributed by atoms with E-state index in [1.54, 1.807) is 0 Å². The molecule has 0 aliphatic heterocycles. The zero-order chi connectivity index (χ0) is 12.9. The summed E-state index contributed by atoms with van der Waals surface area (Å²) in [6.07, 6.45) is 13.0. The van der Waals surface area contributed by atoms with Gasteiger partial charge in [0.2, 0.25) is 0 Å². The van der Waals surface area contributed by atoms with E-state index < -0.39 is 0 Å². The first kappa shape index (κ1) is 15.1. The molecule has 0 amide bonds. The van der Waals surface area contributed by atoms with Crippen LogP contribution in [0, 0.1) is 16.7 Å². The summed E-state index contributed by atoms with van der Waals surface area (Å²) in [4.78, 5) is 0. The van der Waals surface area contributed by atoms with Gasteiger partial charge in [0.1, 0.15) is 0 Å². The van der Waals surface area contributed by atoms with Gasteiger partial charge < -0.3 is 0 Å². The summed E-state index contributed by atoms with van der Waals surface area (Å²) in [6.45, 7) is 12.3. The minimum absolute atomic E-state index is 0.597. The van der Waals surface area contributed by atoms with Crippen LogP contribution in [0.5, 0.6) is 0 Å². The van der Waals surface area contributed by atoms with Gasteiger partial charge in [-0.2, -0.15) is 0 Å². The van der Waals surface area contributed by atoms with Crippen LogP contribution in [0.25, 0.3) is 0 Å². The lowest BCUT2D eigenvalue weighted by Gasteiger charge is -2.37. The van der Waals surface area contributed by atoms with Crippen LogP contribution in [-0.4, -0.2) is 0 Å².